The van der Waals surface area contributed by atoms with Crippen LogP contribution in [-0.2, 0) is 0 Å². The second kappa shape index (κ2) is 11.1. The van der Waals surface area contributed by atoms with E-state index in [4.69, 9.17) is 0 Å². The lowest BCUT2D eigenvalue weighted by Gasteiger charge is -2.10. The van der Waals surface area contributed by atoms with Crippen molar-refractivity contribution < 1.29 is 0 Å². The molecule has 6 aromatic carbocycles. The summed E-state index contributed by atoms with van der Waals surface area (Å²) < 4.78 is 2.36. The SMILES string of the molecule is CC.Cc1cccc(-c2ccc(-c3ccc(-c4ccc(-n5c6ccccc6c6ccccc65)cc4)cc3)cc2)c1. The van der Waals surface area contributed by atoms with Crippen LogP contribution in [-0.4, -0.2) is 4.57 Å². The van der Waals surface area contributed by atoms with Gasteiger partial charge in [0.05, 0.1) is 11.0 Å². The monoisotopic (exact) mass is 515 g/mol. The van der Waals surface area contributed by atoms with Crippen LogP contribution < -0.4 is 0 Å². The van der Waals surface area contributed by atoms with Crippen molar-refractivity contribution in [2.24, 2.45) is 0 Å². The van der Waals surface area contributed by atoms with E-state index in [-0.39, 0.29) is 0 Å². The van der Waals surface area contributed by atoms with E-state index in [1.807, 2.05) is 13.8 Å². The molecule has 0 N–H and O–H groups in total. The zero-order valence-electron chi connectivity index (χ0n) is 23.3. The van der Waals surface area contributed by atoms with E-state index in [0.29, 0.717) is 0 Å². The maximum atomic E-state index is 2.36. The van der Waals surface area contributed by atoms with Gasteiger partial charge in [0, 0.05) is 16.5 Å². The number of aryl methyl sites for hydroxylation is 1. The minimum absolute atomic E-state index is 1.18. The molecule has 0 spiro atoms. The highest BCUT2D eigenvalue weighted by Crippen LogP contribution is 2.33. The van der Waals surface area contributed by atoms with Gasteiger partial charge in [0.25, 0.3) is 0 Å². The Morgan fingerprint density at radius 3 is 1.23 bits per heavy atom. The van der Waals surface area contributed by atoms with E-state index >= 15 is 0 Å². The van der Waals surface area contributed by atoms with E-state index < -0.39 is 0 Å². The summed E-state index contributed by atoms with van der Waals surface area (Å²) in [6.07, 6.45) is 0. The highest BCUT2D eigenvalue weighted by atomic mass is 15.0. The summed E-state index contributed by atoms with van der Waals surface area (Å²) in [6, 6.07) is 52.6. The van der Waals surface area contributed by atoms with E-state index in [9.17, 15) is 0 Å². The average molecular weight is 516 g/mol. The van der Waals surface area contributed by atoms with Crippen LogP contribution in [0.3, 0.4) is 0 Å². The maximum absolute atomic E-state index is 2.36. The molecule has 7 rings (SSSR count). The Kier molecular flexibility index (Phi) is 7.04. The van der Waals surface area contributed by atoms with Crippen LogP contribution in [0.4, 0.5) is 0 Å². The van der Waals surface area contributed by atoms with Crippen molar-refractivity contribution in [1.29, 1.82) is 0 Å². The summed E-state index contributed by atoms with van der Waals surface area (Å²) in [4.78, 5) is 0. The van der Waals surface area contributed by atoms with E-state index in [1.165, 1.54) is 66.4 Å². The Morgan fingerprint density at radius 2 is 0.775 bits per heavy atom. The Bertz CT molecular complexity index is 1830. The second-order valence-electron chi connectivity index (χ2n) is 9.94. The maximum Gasteiger partial charge on any atom is 0.0541 e. The Labute approximate surface area is 237 Å². The van der Waals surface area contributed by atoms with Crippen LogP contribution in [0.15, 0.2) is 146 Å². The van der Waals surface area contributed by atoms with Gasteiger partial charge in [-0.25, -0.2) is 0 Å². The van der Waals surface area contributed by atoms with Crippen molar-refractivity contribution in [3.63, 3.8) is 0 Å². The molecule has 40 heavy (non-hydrogen) atoms. The van der Waals surface area contributed by atoms with Crippen LogP contribution in [0.25, 0.3) is 60.9 Å². The van der Waals surface area contributed by atoms with E-state index in [1.54, 1.807) is 0 Å². The molecule has 0 fully saturated rings. The van der Waals surface area contributed by atoms with Crippen LogP contribution in [0.2, 0.25) is 0 Å². The third-order valence-electron chi connectivity index (χ3n) is 7.49. The summed E-state index contributed by atoms with van der Waals surface area (Å²) in [5.74, 6) is 0. The Morgan fingerprint density at radius 1 is 0.375 bits per heavy atom. The van der Waals surface area contributed by atoms with Gasteiger partial charge in [0.1, 0.15) is 0 Å². The molecule has 0 atom stereocenters. The van der Waals surface area contributed by atoms with Gasteiger partial charge in [0.2, 0.25) is 0 Å². The molecule has 0 radical (unpaired) electrons. The summed E-state index contributed by atoms with van der Waals surface area (Å²) in [5, 5.41) is 2.57. The first kappa shape index (κ1) is 25.4. The van der Waals surface area contributed by atoms with Crippen molar-refractivity contribution >= 4 is 21.8 Å². The zero-order chi connectivity index (χ0) is 27.5. The number of para-hydroxylation sites is 2. The fraction of sp³-hybridized carbons (Fsp3) is 0.0769. The predicted octanol–water partition coefficient (Wildman–Crippen LogP) is 11.1. The van der Waals surface area contributed by atoms with Gasteiger partial charge < -0.3 is 4.57 Å². The lowest BCUT2D eigenvalue weighted by atomic mass is 9.97. The molecule has 1 heterocycles. The molecule has 0 unspecified atom stereocenters. The fourth-order valence-electron chi connectivity index (χ4n) is 5.54. The molecule has 7 aromatic rings. The minimum atomic E-state index is 1.18. The summed E-state index contributed by atoms with van der Waals surface area (Å²) in [5.41, 5.74) is 12.3. The molecule has 0 aliphatic heterocycles. The van der Waals surface area contributed by atoms with Crippen LogP contribution >= 0.6 is 0 Å². The number of benzene rings is 6. The van der Waals surface area contributed by atoms with Gasteiger partial charge in [0.15, 0.2) is 0 Å². The van der Waals surface area contributed by atoms with Gasteiger partial charge >= 0.3 is 0 Å². The van der Waals surface area contributed by atoms with Gasteiger partial charge in [-0.1, -0.05) is 141 Å². The molecule has 0 bridgehead atoms. The van der Waals surface area contributed by atoms with Crippen molar-refractivity contribution in [3.8, 4) is 39.1 Å². The number of rotatable bonds is 4. The van der Waals surface area contributed by atoms with Gasteiger partial charge in [-0.05, 0) is 64.6 Å². The third kappa shape index (κ3) is 4.72. The molecule has 0 saturated heterocycles. The quantitative estimate of drug-likeness (QED) is 0.220. The molecule has 194 valence electrons. The number of aromatic nitrogens is 1. The predicted molar refractivity (Wildman–Crippen MR) is 173 cm³/mol. The van der Waals surface area contributed by atoms with Crippen LogP contribution in [0.5, 0.6) is 0 Å². The van der Waals surface area contributed by atoms with Crippen molar-refractivity contribution in [1.82, 2.24) is 4.57 Å². The normalized spacial score (nSPS) is 10.9. The second-order valence-corrected chi connectivity index (χ2v) is 9.94. The van der Waals surface area contributed by atoms with Gasteiger partial charge in [-0.15, -0.1) is 0 Å². The van der Waals surface area contributed by atoms with Crippen LogP contribution in [0, 0.1) is 6.92 Å². The summed E-state index contributed by atoms with van der Waals surface area (Å²) >= 11 is 0. The van der Waals surface area contributed by atoms with Crippen molar-refractivity contribution in [3.05, 3.63) is 151 Å². The number of hydrogen-bond donors (Lipinski definition) is 0. The topological polar surface area (TPSA) is 4.93 Å². The fourth-order valence-corrected chi connectivity index (χ4v) is 5.54. The molecular weight excluding hydrogens is 482 g/mol. The first-order valence-electron chi connectivity index (χ1n) is 14.1. The molecule has 0 saturated carbocycles. The Balaban J connectivity index is 0.00000142. The minimum Gasteiger partial charge on any atom is -0.309 e. The number of hydrogen-bond acceptors (Lipinski definition) is 0. The number of nitrogens with zero attached hydrogens (tertiary/aromatic N) is 1. The van der Waals surface area contributed by atoms with Gasteiger partial charge in [-0.2, -0.15) is 0 Å². The lowest BCUT2D eigenvalue weighted by Crippen LogP contribution is -1.93. The molecule has 0 aliphatic carbocycles. The molecule has 1 heteroatoms. The first-order chi connectivity index (χ1) is 19.7. The van der Waals surface area contributed by atoms with E-state index in [2.05, 4.69) is 157 Å². The van der Waals surface area contributed by atoms with E-state index in [0.717, 1.165) is 0 Å². The van der Waals surface area contributed by atoms with Crippen molar-refractivity contribution in [2.45, 2.75) is 20.8 Å². The zero-order valence-corrected chi connectivity index (χ0v) is 23.3. The molecule has 1 aromatic heterocycles. The van der Waals surface area contributed by atoms with Crippen molar-refractivity contribution in [2.75, 3.05) is 0 Å². The first-order valence-corrected chi connectivity index (χ1v) is 14.1. The molecular formula is C39H33N. The molecule has 1 nitrogen and oxygen atoms in total. The standard InChI is InChI=1S/C37H27N.C2H6/c1-26-7-6-8-32(25-26)31-19-17-28(18-20-31)27-13-15-29(16-14-27)30-21-23-33(24-22-30)38-36-11-4-2-9-34(36)35-10-3-5-12-37(35)38;1-2/h2-25H,1H3;1-2H3. The highest BCUT2D eigenvalue weighted by molar-refractivity contribution is 6.09. The largest absolute Gasteiger partial charge is 0.309 e. The summed E-state index contributed by atoms with van der Waals surface area (Å²) in [7, 11) is 0. The third-order valence-corrected chi connectivity index (χ3v) is 7.49. The number of fused-ring (bicyclic) bond motifs is 3. The Hall–Kier alpha value is -4.88. The smallest absolute Gasteiger partial charge is 0.0541 e. The average Bonchev–Trinajstić information content (AvgIpc) is 3.37. The summed E-state index contributed by atoms with van der Waals surface area (Å²) in [6.45, 7) is 6.14. The lowest BCUT2D eigenvalue weighted by molar-refractivity contribution is 1.18. The molecule has 0 amide bonds. The van der Waals surface area contributed by atoms with Gasteiger partial charge in [-0.3, -0.25) is 0 Å². The molecule has 0 aliphatic rings. The highest BCUT2D eigenvalue weighted by Gasteiger charge is 2.11. The van der Waals surface area contributed by atoms with Crippen LogP contribution in [0.1, 0.15) is 19.4 Å².